The van der Waals surface area contributed by atoms with Crippen LogP contribution in [0.1, 0.15) is 21.6 Å². The van der Waals surface area contributed by atoms with Crippen molar-refractivity contribution in [2.45, 2.75) is 6.92 Å². The molecule has 0 spiro atoms. The van der Waals surface area contributed by atoms with Gasteiger partial charge in [-0.05, 0) is 30.7 Å². The number of nitrogens with zero attached hydrogens (tertiary/aromatic N) is 2. The highest BCUT2D eigenvalue weighted by atomic mass is 16.5. The molecule has 0 aliphatic carbocycles. The third-order valence-corrected chi connectivity index (χ3v) is 3.65. The second-order valence-electron chi connectivity index (χ2n) is 5.51. The second kappa shape index (κ2) is 7.44. The number of aromatic nitrogens is 2. The Kier molecular flexibility index (Phi) is 4.89. The SMILES string of the molecule is COc1cccc(-c2cc(C(=O)N/N=C\c3ccc(C)cc3)[nH]n2)c1. The van der Waals surface area contributed by atoms with Gasteiger partial charge >= 0.3 is 0 Å². The van der Waals surface area contributed by atoms with Gasteiger partial charge in [-0.25, -0.2) is 5.43 Å². The Balaban J connectivity index is 1.67. The Morgan fingerprint density at radius 1 is 1.20 bits per heavy atom. The van der Waals surface area contributed by atoms with Crippen molar-refractivity contribution in [2.24, 2.45) is 5.10 Å². The second-order valence-corrected chi connectivity index (χ2v) is 5.51. The number of carbonyl (C=O) groups is 1. The van der Waals surface area contributed by atoms with E-state index in [4.69, 9.17) is 4.74 Å². The van der Waals surface area contributed by atoms with Crippen LogP contribution in [-0.2, 0) is 0 Å². The minimum absolute atomic E-state index is 0.332. The molecule has 2 aromatic carbocycles. The Morgan fingerprint density at radius 3 is 2.76 bits per heavy atom. The summed E-state index contributed by atoms with van der Waals surface area (Å²) in [5.41, 5.74) is 6.41. The fourth-order valence-corrected chi connectivity index (χ4v) is 2.25. The molecule has 0 fully saturated rings. The predicted octanol–water partition coefficient (Wildman–Crippen LogP) is 3.16. The lowest BCUT2D eigenvalue weighted by Gasteiger charge is -2.00. The topological polar surface area (TPSA) is 79.4 Å². The quantitative estimate of drug-likeness (QED) is 0.556. The number of rotatable bonds is 5. The Morgan fingerprint density at radius 2 is 2.00 bits per heavy atom. The van der Waals surface area contributed by atoms with E-state index in [1.54, 1.807) is 19.4 Å². The van der Waals surface area contributed by atoms with E-state index in [9.17, 15) is 4.79 Å². The number of amides is 1. The van der Waals surface area contributed by atoms with Crippen molar-refractivity contribution >= 4 is 12.1 Å². The average Bonchev–Trinajstić information content (AvgIpc) is 3.14. The van der Waals surface area contributed by atoms with E-state index in [1.165, 1.54) is 5.56 Å². The lowest BCUT2D eigenvalue weighted by Crippen LogP contribution is -2.17. The zero-order valence-electron chi connectivity index (χ0n) is 14.0. The minimum atomic E-state index is -0.356. The number of hydrogen-bond acceptors (Lipinski definition) is 4. The first-order valence-electron chi connectivity index (χ1n) is 7.75. The summed E-state index contributed by atoms with van der Waals surface area (Å²) in [5.74, 6) is 0.374. The summed E-state index contributed by atoms with van der Waals surface area (Å²) < 4.78 is 5.20. The fourth-order valence-electron chi connectivity index (χ4n) is 2.25. The van der Waals surface area contributed by atoms with Crippen molar-refractivity contribution < 1.29 is 9.53 Å². The highest BCUT2D eigenvalue weighted by Gasteiger charge is 2.10. The van der Waals surface area contributed by atoms with Crippen LogP contribution in [0.5, 0.6) is 5.75 Å². The smallest absolute Gasteiger partial charge is 0.289 e. The fraction of sp³-hybridized carbons (Fsp3) is 0.105. The van der Waals surface area contributed by atoms with Crippen molar-refractivity contribution in [3.63, 3.8) is 0 Å². The van der Waals surface area contributed by atoms with Crippen LogP contribution in [0.3, 0.4) is 0 Å². The predicted molar refractivity (Wildman–Crippen MR) is 96.8 cm³/mol. The number of nitrogens with one attached hydrogen (secondary N) is 2. The number of methoxy groups -OCH3 is 1. The summed E-state index contributed by atoms with van der Waals surface area (Å²) in [7, 11) is 1.61. The standard InChI is InChI=1S/C19H18N4O2/c1-13-6-8-14(9-7-13)12-20-23-19(24)18-11-17(21-22-18)15-4-3-5-16(10-15)25-2/h3-12H,1-2H3,(H,21,22)(H,23,24)/b20-12-. The zero-order valence-corrected chi connectivity index (χ0v) is 14.0. The third-order valence-electron chi connectivity index (χ3n) is 3.65. The number of hydrogen-bond donors (Lipinski definition) is 2. The number of aryl methyl sites for hydroxylation is 1. The van der Waals surface area contributed by atoms with Gasteiger partial charge in [-0.15, -0.1) is 0 Å². The highest BCUT2D eigenvalue weighted by molar-refractivity contribution is 5.94. The lowest BCUT2D eigenvalue weighted by molar-refractivity contribution is 0.0950. The molecule has 0 radical (unpaired) electrons. The Bertz CT molecular complexity index is 898. The zero-order chi connectivity index (χ0) is 17.6. The number of carbonyl (C=O) groups excluding carboxylic acids is 1. The molecule has 3 rings (SSSR count). The molecule has 0 aliphatic heterocycles. The molecule has 1 amide bonds. The molecule has 0 unspecified atom stereocenters. The molecule has 0 aliphatic rings. The van der Waals surface area contributed by atoms with E-state index in [0.717, 1.165) is 16.9 Å². The summed E-state index contributed by atoms with van der Waals surface area (Å²) in [5, 5.41) is 10.9. The number of H-pyrrole nitrogens is 1. The van der Waals surface area contributed by atoms with Crippen molar-refractivity contribution in [1.82, 2.24) is 15.6 Å². The van der Waals surface area contributed by atoms with Gasteiger partial charge in [-0.3, -0.25) is 9.89 Å². The van der Waals surface area contributed by atoms with Crippen LogP contribution in [0.4, 0.5) is 0 Å². The largest absolute Gasteiger partial charge is 0.497 e. The van der Waals surface area contributed by atoms with E-state index in [-0.39, 0.29) is 5.91 Å². The molecule has 25 heavy (non-hydrogen) atoms. The first kappa shape index (κ1) is 16.4. The summed E-state index contributed by atoms with van der Waals surface area (Å²) in [6, 6.07) is 17.0. The average molecular weight is 334 g/mol. The summed E-state index contributed by atoms with van der Waals surface area (Å²) in [6.07, 6.45) is 1.59. The van der Waals surface area contributed by atoms with E-state index in [1.807, 2.05) is 55.5 Å². The lowest BCUT2D eigenvalue weighted by atomic mass is 10.1. The van der Waals surface area contributed by atoms with E-state index in [2.05, 4.69) is 20.7 Å². The molecule has 0 saturated heterocycles. The van der Waals surface area contributed by atoms with Crippen molar-refractivity contribution in [1.29, 1.82) is 0 Å². The van der Waals surface area contributed by atoms with E-state index < -0.39 is 0 Å². The maximum absolute atomic E-state index is 12.1. The van der Waals surface area contributed by atoms with Crippen LogP contribution in [0.2, 0.25) is 0 Å². The van der Waals surface area contributed by atoms with Gasteiger partial charge in [0.2, 0.25) is 0 Å². The summed E-state index contributed by atoms with van der Waals surface area (Å²) >= 11 is 0. The number of benzene rings is 2. The van der Waals surface area contributed by atoms with E-state index in [0.29, 0.717) is 11.4 Å². The molecular weight excluding hydrogens is 316 g/mol. The highest BCUT2D eigenvalue weighted by Crippen LogP contribution is 2.22. The van der Waals surface area contributed by atoms with Crippen LogP contribution < -0.4 is 10.2 Å². The third kappa shape index (κ3) is 4.11. The first-order chi connectivity index (χ1) is 12.2. The normalized spacial score (nSPS) is 10.8. The van der Waals surface area contributed by atoms with Crippen molar-refractivity contribution in [3.8, 4) is 17.0 Å². The van der Waals surface area contributed by atoms with Gasteiger partial charge in [-0.1, -0.05) is 42.0 Å². The van der Waals surface area contributed by atoms with Crippen LogP contribution in [0.25, 0.3) is 11.3 Å². The van der Waals surface area contributed by atoms with Crippen molar-refractivity contribution in [3.05, 3.63) is 71.4 Å². The maximum atomic E-state index is 12.1. The van der Waals surface area contributed by atoms with Gasteiger partial charge in [0.05, 0.1) is 19.0 Å². The molecule has 3 aromatic rings. The molecule has 0 atom stereocenters. The maximum Gasteiger partial charge on any atom is 0.289 e. The molecule has 1 aromatic heterocycles. The molecule has 126 valence electrons. The Labute approximate surface area is 145 Å². The van der Waals surface area contributed by atoms with Gasteiger partial charge in [0.25, 0.3) is 5.91 Å². The van der Waals surface area contributed by atoms with Crippen LogP contribution >= 0.6 is 0 Å². The molecule has 0 bridgehead atoms. The first-order valence-corrected chi connectivity index (χ1v) is 7.75. The van der Waals surface area contributed by atoms with Crippen molar-refractivity contribution in [2.75, 3.05) is 7.11 Å². The van der Waals surface area contributed by atoms with Crippen LogP contribution in [0, 0.1) is 6.92 Å². The number of ether oxygens (including phenoxy) is 1. The monoisotopic (exact) mass is 334 g/mol. The number of hydrazone groups is 1. The van der Waals surface area contributed by atoms with Crippen LogP contribution in [0.15, 0.2) is 59.7 Å². The minimum Gasteiger partial charge on any atom is -0.497 e. The summed E-state index contributed by atoms with van der Waals surface area (Å²) in [4.78, 5) is 12.1. The van der Waals surface area contributed by atoms with Gasteiger partial charge < -0.3 is 4.74 Å². The van der Waals surface area contributed by atoms with E-state index >= 15 is 0 Å². The van der Waals surface area contributed by atoms with Crippen LogP contribution in [-0.4, -0.2) is 29.4 Å². The van der Waals surface area contributed by atoms with Gasteiger partial charge in [0.1, 0.15) is 11.4 Å². The molecule has 0 saturated carbocycles. The summed E-state index contributed by atoms with van der Waals surface area (Å²) in [6.45, 7) is 2.01. The molecule has 2 N–H and O–H groups in total. The molecule has 1 heterocycles. The van der Waals surface area contributed by atoms with Gasteiger partial charge in [0, 0.05) is 5.56 Å². The molecule has 6 heteroatoms. The Hall–Kier alpha value is -3.41. The van der Waals surface area contributed by atoms with Gasteiger partial charge in [-0.2, -0.15) is 10.2 Å². The molecule has 6 nitrogen and oxygen atoms in total. The van der Waals surface area contributed by atoms with Gasteiger partial charge in [0.15, 0.2) is 0 Å². The number of aromatic amines is 1. The molecular formula is C19H18N4O2.